The molecule has 0 bridgehead atoms. The molecule has 2 N–H and O–H groups in total. The molecule has 0 atom stereocenters. The zero-order valence-electron chi connectivity index (χ0n) is 10.7. The van der Waals surface area contributed by atoms with Gasteiger partial charge in [-0.05, 0) is 42.5 Å². The molecule has 0 fully saturated rings. The van der Waals surface area contributed by atoms with Crippen LogP contribution in [-0.2, 0) is 6.61 Å². The number of anilines is 1. The lowest BCUT2D eigenvalue weighted by Crippen LogP contribution is -1.98. The molecular weight excluding hydrogens is 255 g/mol. The molecule has 3 aromatic rings. The normalized spacial score (nSPS) is 10.7. The number of nitrogen functional groups attached to an aromatic ring is 1. The molecule has 0 saturated carbocycles. The van der Waals surface area contributed by atoms with Gasteiger partial charge in [-0.15, -0.1) is 0 Å². The van der Waals surface area contributed by atoms with Gasteiger partial charge in [0.1, 0.15) is 18.2 Å². The van der Waals surface area contributed by atoms with Crippen LogP contribution in [0, 0.1) is 5.82 Å². The molecule has 0 aliphatic heterocycles. The molecule has 100 valence electrons. The predicted molar refractivity (Wildman–Crippen MR) is 76.9 cm³/mol. The number of fused-ring (bicyclic) bond motifs is 1. The molecule has 0 aliphatic carbocycles. The third-order valence-electron chi connectivity index (χ3n) is 3.07. The number of benzene rings is 2. The summed E-state index contributed by atoms with van der Waals surface area (Å²) < 4.78 is 19.4. The highest BCUT2D eigenvalue weighted by Gasteiger charge is 2.07. The number of nitrogens with zero attached hydrogens (tertiary/aromatic N) is 1. The van der Waals surface area contributed by atoms with Crippen molar-refractivity contribution in [2.75, 3.05) is 5.73 Å². The zero-order valence-corrected chi connectivity index (χ0v) is 10.7. The first kappa shape index (κ1) is 12.4. The van der Waals surface area contributed by atoms with Crippen LogP contribution in [0.2, 0.25) is 0 Å². The van der Waals surface area contributed by atoms with Gasteiger partial charge in [0.25, 0.3) is 0 Å². The number of hydrogen-bond donors (Lipinski definition) is 1. The van der Waals surface area contributed by atoms with Crippen LogP contribution in [0.5, 0.6) is 5.75 Å². The topological polar surface area (TPSA) is 48.1 Å². The van der Waals surface area contributed by atoms with Crippen molar-refractivity contribution in [3.8, 4) is 5.75 Å². The van der Waals surface area contributed by atoms with E-state index in [0.29, 0.717) is 28.9 Å². The first-order chi connectivity index (χ1) is 9.74. The third-order valence-corrected chi connectivity index (χ3v) is 3.07. The van der Waals surface area contributed by atoms with Crippen LogP contribution >= 0.6 is 0 Å². The first-order valence-corrected chi connectivity index (χ1v) is 6.24. The SMILES string of the molecule is Nc1ccc(OCc2ccc(F)c3cccnc23)cc1. The summed E-state index contributed by atoms with van der Waals surface area (Å²) in [6.07, 6.45) is 1.65. The summed E-state index contributed by atoms with van der Waals surface area (Å²) in [6.45, 7) is 0.331. The van der Waals surface area contributed by atoms with Gasteiger partial charge in [-0.1, -0.05) is 6.07 Å². The van der Waals surface area contributed by atoms with E-state index >= 15 is 0 Å². The predicted octanol–water partition coefficient (Wildman–Crippen LogP) is 3.54. The van der Waals surface area contributed by atoms with Crippen molar-refractivity contribution in [1.29, 1.82) is 0 Å². The molecule has 3 nitrogen and oxygen atoms in total. The molecule has 2 aromatic carbocycles. The third kappa shape index (κ3) is 2.40. The molecule has 0 aliphatic rings. The summed E-state index contributed by atoms with van der Waals surface area (Å²) in [5.74, 6) is 0.442. The van der Waals surface area contributed by atoms with Crippen molar-refractivity contribution in [2.24, 2.45) is 0 Å². The van der Waals surface area contributed by atoms with Crippen molar-refractivity contribution in [3.63, 3.8) is 0 Å². The van der Waals surface area contributed by atoms with Crippen LogP contribution in [0.3, 0.4) is 0 Å². The maximum Gasteiger partial charge on any atom is 0.132 e. The minimum atomic E-state index is -0.274. The summed E-state index contributed by atoms with van der Waals surface area (Å²) in [6, 6.07) is 13.7. The Labute approximate surface area is 115 Å². The van der Waals surface area contributed by atoms with Crippen LogP contribution < -0.4 is 10.5 Å². The van der Waals surface area contributed by atoms with Crippen LogP contribution in [0.25, 0.3) is 10.9 Å². The second-order valence-corrected chi connectivity index (χ2v) is 4.46. The van der Waals surface area contributed by atoms with E-state index in [9.17, 15) is 4.39 Å². The number of hydrogen-bond acceptors (Lipinski definition) is 3. The Hall–Kier alpha value is -2.62. The quantitative estimate of drug-likeness (QED) is 0.739. The highest BCUT2D eigenvalue weighted by molar-refractivity contribution is 5.82. The lowest BCUT2D eigenvalue weighted by molar-refractivity contribution is 0.307. The average molecular weight is 268 g/mol. The first-order valence-electron chi connectivity index (χ1n) is 6.24. The molecule has 4 heteroatoms. The largest absolute Gasteiger partial charge is 0.489 e. The van der Waals surface area contributed by atoms with E-state index in [1.165, 1.54) is 6.07 Å². The molecule has 20 heavy (non-hydrogen) atoms. The second kappa shape index (κ2) is 5.17. The van der Waals surface area contributed by atoms with Gasteiger partial charge < -0.3 is 10.5 Å². The lowest BCUT2D eigenvalue weighted by atomic mass is 10.1. The van der Waals surface area contributed by atoms with Gasteiger partial charge >= 0.3 is 0 Å². The Bertz CT molecular complexity index is 741. The molecule has 0 saturated heterocycles. The number of ether oxygens (including phenoxy) is 1. The summed E-state index contributed by atoms with van der Waals surface area (Å²) in [5.41, 5.74) is 7.78. The van der Waals surface area contributed by atoms with Gasteiger partial charge in [-0.2, -0.15) is 0 Å². The van der Waals surface area contributed by atoms with Crippen LogP contribution in [0.15, 0.2) is 54.7 Å². The molecule has 0 spiro atoms. The van der Waals surface area contributed by atoms with E-state index in [2.05, 4.69) is 4.98 Å². The number of aromatic nitrogens is 1. The van der Waals surface area contributed by atoms with Crippen LogP contribution in [0.4, 0.5) is 10.1 Å². The smallest absolute Gasteiger partial charge is 0.132 e. The number of nitrogens with two attached hydrogens (primary N) is 1. The summed E-state index contributed by atoms with van der Waals surface area (Å²) in [4.78, 5) is 4.23. The minimum absolute atomic E-state index is 0.274. The molecular formula is C16H13FN2O. The van der Waals surface area contributed by atoms with Gasteiger partial charge in [-0.25, -0.2) is 4.39 Å². The Morgan fingerprint density at radius 2 is 1.85 bits per heavy atom. The lowest BCUT2D eigenvalue weighted by Gasteiger charge is -2.09. The van der Waals surface area contributed by atoms with Crippen molar-refractivity contribution < 1.29 is 9.13 Å². The highest BCUT2D eigenvalue weighted by atomic mass is 19.1. The number of rotatable bonds is 3. The Balaban J connectivity index is 1.88. The monoisotopic (exact) mass is 268 g/mol. The Morgan fingerprint density at radius 1 is 1.05 bits per heavy atom. The average Bonchev–Trinajstić information content (AvgIpc) is 2.49. The summed E-state index contributed by atoms with van der Waals surface area (Å²) >= 11 is 0. The van der Waals surface area contributed by atoms with E-state index in [-0.39, 0.29) is 5.82 Å². The Morgan fingerprint density at radius 3 is 2.65 bits per heavy atom. The van der Waals surface area contributed by atoms with Crippen LogP contribution in [-0.4, -0.2) is 4.98 Å². The van der Waals surface area contributed by atoms with E-state index in [1.807, 2.05) is 0 Å². The van der Waals surface area contributed by atoms with Gasteiger partial charge in [0.2, 0.25) is 0 Å². The molecule has 1 aromatic heterocycles. The minimum Gasteiger partial charge on any atom is -0.489 e. The fourth-order valence-corrected chi connectivity index (χ4v) is 2.04. The fourth-order valence-electron chi connectivity index (χ4n) is 2.04. The van der Waals surface area contributed by atoms with Crippen molar-refractivity contribution in [1.82, 2.24) is 4.98 Å². The molecule has 3 rings (SSSR count). The molecule has 1 heterocycles. The maximum atomic E-state index is 13.7. The van der Waals surface area contributed by atoms with E-state index in [0.717, 1.165) is 5.56 Å². The summed E-state index contributed by atoms with van der Waals surface area (Å²) in [5, 5.41) is 0.505. The number of pyridine rings is 1. The van der Waals surface area contributed by atoms with Crippen molar-refractivity contribution in [2.45, 2.75) is 6.61 Å². The second-order valence-electron chi connectivity index (χ2n) is 4.46. The van der Waals surface area contributed by atoms with Crippen LogP contribution in [0.1, 0.15) is 5.56 Å². The van der Waals surface area contributed by atoms with Crippen molar-refractivity contribution >= 4 is 16.6 Å². The van der Waals surface area contributed by atoms with E-state index in [4.69, 9.17) is 10.5 Å². The van der Waals surface area contributed by atoms with E-state index in [1.54, 1.807) is 48.7 Å². The molecule has 0 unspecified atom stereocenters. The highest BCUT2D eigenvalue weighted by Crippen LogP contribution is 2.21. The van der Waals surface area contributed by atoms with E-state index < -0.39 is 0 Å². The standard InChI is InChI=1S/C16H13FN2O/c17-15-8-3-11(16-14(15)2-1-9-19-16)10-20-13-6-4-12(18)5-7-13/h1-9H,10,18H2. The van der Waals surface area contributed by atoms with Crippen molar-refractivity contribution in [3.05, 3.63) is 66.1 Å². The van der Waals surface area contributed by atoms with Gasteiger partial charge in [0, 0.05) is 22.8 Å². The maximum absolute atomic E-state index is 13.7. The number of halogens is 1. The molecule has 0 amide bonds. The zero-order chi connectivity index (χ0) is 13.9. The Kier molecular flexibility index (Phi) is 3.21. The van der Waals surface area contributed by atoms with Gasteiger partial charge in [0.05, 0.1) is 5.52 Å². The summed E-state index contributed by atoms with van der Waals surface area (Å²) in [7, 11) is 0. The van der Waals surface area contributed by atoms with Gasteiger partial charge in [0.15, 0.2) is 0 Å². The molecule has 0 radical (unpaired) electrons. The fraction of sp³-hybridized carbons (Fsp3) is 0.0625. The van der Waals surface area contributed by atoms with Gasteiger partial charge in [-0.3, -0.25) is 4.98 Å².